The number of benzene rings is 1. The first-order valence-electron chi connectivity index (χ1n) is 10.5. The van der Waals surface area contributed by atoms with Gasteiger partial charge in [-0.1, -0.05) is 6.07 Å². The molecule has 12 heteroatoms. The first-order chi connectivity index (χ1) is 15.9. The van der Waals surface area contributed by atoms with E-state index in [2.05, 4.69) is 10.6 Å². The number of imide groups is 2. The normalized spacial score (nSPS) is 17.7. The number of ether oxygens (including phenoxy) is 3. The number of amides is 5. The number of carbonyl (C=O) groups excluding carboxylic acids is 5. The Kier molecular flexibility index (Phi) is 8.46. The molecule has 2 heterocycles. The van der Waals surface area contributed by atoms with E-state index in [9.17, 15) is 24.0 Å². The molecule has 1 saturated heterocycles. The predicted molar refractivity (Wildman–Crippen MR) is 112 cm³/mol. The third kappa shape index (κ3) is 5.92. The van der Waals surface area contributed by atoms with Gasteiger partial charge in [0.05, 0.1) is 37.6 Å². The Labute approximate surface area is 189 Å². The average Bonchev–Trinajstić information content (AvgIpc) is 3.05. The molecule has 2 aliphatic rings. The topological polar surface area (TPSA) is 166 Å². The van der Waals surface area contributed by atoms with Gasteiger partial charge in [0.25, 0.3) is 17.7 Å². The van der Waals surface area contributed by atoms with Crippen LogP contribution in [-0.2, 0) is 23.9 Å². The second kappa shape index (κ2) is 11.5. The SMILES string of the molecule is NCCOCCOCCNC(=O)COc1cccc2c1C(=O)N(C1CCC(=O)NC1=O)C2=O. The number of nitrogens with one attached hydrogen (secondary N) is 2. The molecule has 12 nitrogen and oxygen atoms in total. The Hall–Kier alpha value is -3.35. The van der Waals surface area contributed by atoms with E-state index in [1.165, 1.54) is 18.2 Å². The standard InChI is InChI=1S/C21H26N4O8/c22-6-8-31-10-11-32-9-7-23-17(27)12-33-15-3-1-2-13-18(15)21(30)25(20(13)29)14-4-5-16(26)24-19(14)28/h1-3,14H,4-12,22H2,(H,23,27)(H,24,26,28). The van der Waals surface area contributed by atoms with Crippen LogP contribution in [-0.4, -0.2) is 86.6 Å². The van der Waals surface area contributed by atoms with Gasteiger partial charge < -0.3 is 25.3 Å². The Morgan fingerprint density at radius 1 is 1.09 bits per heavy atom. The second-order valence-corrected chi connectivity index (χ2v) is 7.28. The van der Waals surface area contributed by atoms with E-state index in [1.54, 1.807) is 0 Å². The summed E-state index contributed by atoms with van der Waals surface area (Å²) in [5.74, 6) is -2.87. The van der Waals surface area contributed by atoms with Crippen LogP contribution in [0.15, 0.2) is 18.2 Å². The van der Waals surface area contributed by atoms with Crippen LogP contribution in [0.3, 0.4) is 0 Å². The minimum absolute atomic E-state index is 0.0131. The molecule has 0 aromatic heterocycles. The van der Waals surface area contributed by atoms with Crippen LogP contribution in [0.25, 0.3) is 0 Å². The molecule has 1 fully saturated rings. The van der Waals surface area contributed by atoms with E-state index in [1.807, 2.05) is 0 Å². The predicted octanol–water partition coefficient (Wildman–Crippen LogP) is -1.43. The van der Waals surface area contributed by atoms with Crippen molar-refractivity contribution in [2.45, 2.75) is 18.9 Å². The fourth-order valence-corrected chi connectivity index (χ4v) is 3.47. The zero-order chi connectivity index (χ0) is 23.8. The van der Waals surface area contributed by atoms with Gasteiger partial charge in [0.2, 0.25) is 11.8 Å². The summed E-state index contributed by atoms with van der Waals surface area (Å²) in [5.41, 5.74) is 5.36. The number of hydrogen-bond donors (Lipinski definition) is 3. The molecule has 0 radical (unpaired) electrons. The molecule has 3 rings (SSSR count). The Bertz CT molecular complexity index is 935. The molecular weight excluding hydrogens is 436 g/mol. The van der Waals surface area contributed by atoms with E-state index in [0.29, 0.717) is 26.4 Å². The highest BCUT2D eigenvalue weighted by Gasteiger charge is 2.46. The Morgan fingerprint density at radius 3 is 2.58 bits per heavy atom. The van der Waals surface area contributed by atoms with Gasteiger partial charge in [0, 0.05) is 19.5 Å². The molecule has 1 atom stereocenters. The summed E-state index contributed by atoms with van der Waals surface area (Å²) in [4.78, 5) is 62.2. The molecule has 1 aromatic rings. The van der Waals surface area contributed by atoms with Crippen molar-refractivity contribution in [3.05, 3.63) is 29.3 Å². The van der Waals surface area contributed by atoms with Gasteiger partial charge >= 0.3 is 0 Å². The lowest BCUT2D eigenvalue weighted by molar-refractivity contribution is -0.136. The Balaban J connectivity index is 1.52. The molecule has 4 N–H and O–H groups in total. The molecule has 178 valence electrons. The average molecular weight is 462 g/mol. The van der Waals surface area contributed by atoms with Crippen molar-refractivity contribution in [3.8, 4) is 5.75 Å². The van der Waals surface area contributed by atoms with Crippen LogP contribution in [0.5, 0.6) is 5.75 Å². The number of carbonyl (C=O) groups is 5. The van der Waals surface area contributed by atoms with Crippen molar-refractivity contribution in [2.24, 2.45) is 5.73 Å². The van der Waals surface area contributed by atoms with Crippen LogP contribution < -0.4 is 21.1 Å². The highest BCUT2D eigenvalue weighted by atomic mass is 16.5. The number of piperidine rings is 1. The number of rotatable bonds is 12. The lowest BCUT2D eigenvalue weighted by atomic mass is 10.0. The molecule has 0 aliphatic carbocycles. The quantitative estimate of drug-likeness (QED) is 0.249. The molecular formula is C21H26N4O8. The van der Waals surface area contributed by atoms with Crippen molar-refractivity contribution in [1.82, 2.24) is 15.5 Å². The summed E-state index contributed by atoms with van der Waals surface area (Å²) in [7, 11) is 0. The minimum atomic E-state index is -1.08. The van der Waals surface area contributed by atoms with Gasteiger partial charge in [0.1, 0.15) is 11.8 Å². The minimum Gasteiger partial charge on any atom is -0.483 e. The van der Waals surface area contributed by atoms with E-state index in [-0.39, 0.29) is 49.5 Å². The van der Waals surface area contributed by atoms with Crippen LogP contribution in [0.1, 0.15) is 33.6 Å². The van der Waals surface area contributed by atoms with Gasteiger partial charge in [-0.2, -0.15) is 0 Å². The maximum atomic E-state index is 13.0. The first-order valence-corrected chi connectivity index (χ1v) is 10.5. The number of fused-ring (bicyclic) bond motifs is 1. The van der Waals surface area contributed by atoms with Crippen molar-refractivity contribution >= 4 is 29.5 Å². The lowest BCUT2D eigenvalue weighted by Gasteiger charge is -2.27. The zero-order valence-electron chi connectivity index (χ0n) is 18.0. The number of nitrogens with zero attached hydrogens (tertiary/aromatic N) is 1. The molecule has 0 spiro atoms. The molecule has 1 unspecified atom stereocenters. The molecule has 0 bridgehead atoms. The smallest absolute Gasteiger partial charge is 0.266 e. The summed E-state index contributed by atoms with van der Waals surface area (Å²) < 4.78 is 16.0. The molecule has 2 aliphatic heterocycles. The monoisotopic (exact) mass is 462 g/mol. The maximum Gasteiger partial charge on any atom is 0.266 e. The van der Waals surface area contributed by atoms with Crippen LogP contribution in [0.4, 0.5) is 0 Å². The highest BCUT2D eigenvalue weighted by molar-refractivity contribution is 6.24. The fourth-order valence-electron chi connectivity index (χ4n) is 3.47. The second-order valence-electron chi connectivity index (χ2n) is 7.28. The number of nitrogens with two attached hydrogens (primary N) is 1. The fraction of sp³-hybridized carbons (Fsp3) is 0.476. The summed E-state index contributed by atoms with van der Waals surface area (Å²) in [6.45, 7) is 1.85. The van der Waals surface area contributed by atoms with E-state index >= 15 is 0 Å². The molecule has 33 heavy (non-hydrogen) atoms. The summed E-state index contributed by atoms with van der Waals surface area (Å²) in [5, 5.41) is 4.76. The van der Waals surface area contributed by atoms with Gasteiger partial charge in [-0.3, -0.25) is 34.2 Å². The van der Waals surface area contributed by atoms with E-state index in [0.717, 1.165) is 4.90 Å². The van der Waals surface area contributed by atoms with Gasteiger partial charge in [0.15, 0.2) is 6.61 Å². The lowest BCUT2D eigenvalue weighted by Crippen LogP contribution is -2.54. The largest absolute Gasteiger partial charge is 0.483 e. The summed E-state index contributed by atoms with van der Waals surface area (Å²) >= 11 is 0. The van der Waals surface area contributed by atoms with Crippen LogP contribution >= 0.6 is 0 Å². The molecule has 0 saturated carbocycles. The van der Waals surface area contributed by atoms with Crippen molar-refractivity contribution < 1.29 is 38.2 Å². The van der Waals surface area contributed by atoms with Gasteiger partial charge in [-0.15, -0.1) is 0 Å². The summed E-state index contributed by atoms with van der Waals surface area (Å²) in [6, 6.07) is 3.36. The molecule has 5 amide bonds. The van der Waals surface area contributed by atoms with Crippen LogP contribution in [0, 0.1) is 0 Å². The van der Waals surface area contributed by atoms with E-state index < -0.39 is 35.6 Å². The van der Waals surface area contributed by atoms with Crippen LogP contribution in [0.2, 0.25) is 0 Å². The molecule has 1 aromatic carbocycles. The van der Waals surface area contributed by atoms with Gasteiger partial charge in [-0.05, 0) is 18.6 Å². The van der Waals surface area contributed by atoms with E-state index in [4.69, 9.17) is 19.9 Å². The third-order valence-corrected chi connectivity index (χ3v) is 4.99. The maximum absolute atomic E-state index is 13.0. The first kappa shape index (κ1) is 24.3. The van der Waals surface area contributed by atoms with Crippen molar-refractivity contribution in [3.63, 3.8) is 0 Å². The number of hydrogen-bond acceptors (Lipinski definition) is 9. The van der Waals surface area contributed by atoms with Gasteiger partial charge in [-0.25, -0.2) is 0 Å². The summed E-state index contributed by atoms with van der Waals surface area (Å²) in [6.07, 6.45) is 0.0771. The zero-order valence-corrected chi connectivity index (χ0v) is 18.0. The van der Waals surface area contributed by atoms with Crippen molar-refractivity contribution in [1.29, 1.82) is 0 Å². The Morgan fingerprint density at radius 2 is 1.85 bits per heavy atom. The third-order valence-electron chi connectivity index (χ3n) is 4.99. The highest BCUT2D eigenvalue weighted by Crippen LogP contribution is 2.33. The van der Waals surface area contributed by atoms with Crippen molar-refractivity contribution in [2.75, 3.05) is 46.1 Å².